The largest absolute Gasteiger partial charge is 0.507 e. The molecule has 106 valence electrons. The van der Waals surface area contributed by atoms with Crippen LogP contribution in [-0.2, 0) is 0 Å². The first-order valence-corrected chi connectivity index (χ1v) is 7.56. The Hall–Kier alpha value is -2.13. The second-order valence-corrected chi connectivity index (χ2v) is 6.23. The third-order valence-electron chi connectivity index (χ3n) is 3.54. The molecule has 3 heteroatoms. The molecule has 0 saturated heterocycles. The van der Waals surface area contributed by atoms with Gasteiger partial charge in [-0.25, -0.2) is 0 Å². The van der Waals surface area contributed by atoms with E-state index in [1.807, 2.05) is 56.3 Å². The van der Waals surface area contributed by atoms with Crippen molar-refractivity contribution in [2.24, 2.45) is 0 Å². The van der Waals surface area contributed by atoms with E-state index in [9.17, 15) is 10.2 Å². The monoisotopic (exact) mass is 296 g/mol. The number of aromatic hydroxyl groups is 2. The quantitative estimate of drug-likeness (QED) is 0.697. The molecule has 0 unspecified atom stereocenters. The van der Waals surface area contributed by atoms with Crippen LogP contribution in [0.15, 0.2) is 58.3 Å². The van der Waals surface area contributed by atoms with E-state index in [4.69, 9.17) is 0 Å². The molecule has 0 aliphatic heterocycles. The zero-order valence-corrected chi connectivity index (χ0v) is 12.7. The van der Waals surface area contributed by atoms with Gasteiger partial charge >= 0.3 is 0 Å². The second-order valence-electron chi connectivity index (χ2n) is 5.14. The van der Waals surface area contributed by atoms with Crippen LogP contribution in [0.4, 0.5) is 0 Å². The molecule has 0 aliphatic rings. The van der Waals surface area contributed by atoms with Gasteiger partial charge in [-0.3, -0.25) is 0 Å². The zero-order valence-electron chi connectivity index (χ0n) is 11.9. The Morgan fingerprint density at radius 3 is 2.24 bits per heavy atom. The van der Waals surface area contributed by atoms with Gasteiger partial charge in [0.15, 0.2) is 0 Å². The van der Waals surface area contributed by atoms with Gasteiger partial charge in [-0.05, 0) is 53.9 Å². The maximum Gasteiger partial charge on any atom is 0.130 e. The van der Waals surface area contributed by atoms with Crippen LogP contribution in [0, 0.1) is 13.8 Å². The summed E-state index contributed by atoms with van der Waals surface area (Å²) in [6.07, 6.45) is 0. The van der Waals surface area contributed by atoms with Gasteiger partial charge in [0.05, 0.1) is 4.90 Å². The van der Waals surface area contributed by atoms with Gasteiger partial charge in [0.2, 0.25) is 0 Å². The van der Waals surface area contributed by atoms with Crippen LogP contribution in [0.25, 0.3) is 10.8 Å². The molecule has 0 aromatic heterocycles. The van der Waals surface area contributed by atoms with E-state index in [1.54, 1.807) is 6.07 Å². The minimum absolute atomic E-state index is 0.280. The van der Waals surface area contributed by atoms with Gasteiger partial charge in [0.1, 0.15) is 11.5 Å². The Kier molecular flexibility index (Phi) is 3.52. The van der Waals surface area contributed by atoms with Gasteiger partial charge < -0.3 is 10.2 Å². The number of benzene rings is 3. The highest BCUT2D eigenvalue weighted by Crippen LogP contribution is 2.41. The van der Waals surface area contributed by atoms with Crippen LogP contribution >= 0.6 is 11.8 Å². The Morgan fingerprint density at radius 2 is 1.52 bits per heavy atom. The number of hydrogen-bond donors (Lipinski definition) is 2. The van der Waals surface area contributed by atoms with Crippen molar-refractivity contribution in [1.82, 2.24) is 0 Å². The Bertz CT molecular complexity index is 802. The highest BCUT2D eigenvalue weighted by atomic mass is 32.2. The molecule has 0 spiro atoms. The first-order valence-electron chi connectivity index (χ1n) is 6.75. The zero-order chi connectivity index (χ0) is 15.0. The summed E-state index contributed by atoms with van der Waals surface area (Å²) in [7, 11) is 0. The molecule has 0 amide bonds. The van der Waals surface area contributed by atoms with Gasteiger partial charge in [-0.1, -0.05) is 42.1 Å². The fourth-order valence-electron chi connectivity index (χ4n) is 2.43. The molecule has 0 atom stereocenters. The molecule has 2 N–H and O–H groups in total. The standard InChI is InChI=1S/C18H16O2S/c1-11-9-14(10-12(2)17(11)20)21-18-15-6-4-3-5-13(15)7-8-16(18)19/h3-10,19-20H,1-2H3. The summed E-state index contributed by atoms with van der Waals surface area (Å²) in [5.74, 6) is 0.614. The highest BCUT2D eigenvalue weighted by molar-refractivity contribution is 7.99. The lowest BCUT2D eigenvalue weighted by molar-refractivity contribution is 0.464. The summed E-state index contributed by atoms with van der Waals surface area (Å²) in [6, 6.07) is 15.5. The van der Waals surface area contributed by atoms with E-state index in [0.29, 0.717) is 5.75 Å². The average Bonchev–Trinajstić information content (AvgIpc) is 2.47. The summed E-state index contributed by atoms with van der Waals surface area (Å²) in [5.41, 5.74) is 1.69. The SMILES string of the molecule is Cc1cc(Sc2c(O)ccc3ccccc23)cc(C)c1O. The number of phenols is 2. The van der Waals surface area contributed by atoms with Crippen molar-refractivity contribution in [2.75, 3.05) is 0 Å². The van der Waals surface area contributed by atoms with Gasteiger partial charge in [-0.15, -0.1) is 0 Å². The number of rotatable bonds is 2. The minimum Gasteiger partial charge on any atom is -0.507 e. The first-order chi connectivity index (χ1) is 10.1. The van der Waals surface area contributed by atoms with E-state index >= 15 is 0 Å². The molecule has 0 aliphatic carbocycles. The van der Waals surface area contributed by atoms with Crippen LogP contribution in [0.3, 0.4) is 0 Å². The molecule has 0 fully saturated rings. The molecule has 21 heavy (non-hydrogen) atoms. The van der Waals surface area contributed by atoms with E-state index < -0.39 is 0 Å². The van der Waals surface area contributed by atoms with Crippen molar-refractivity contribution in [1.29, 1.82) is 0 Å². The van der Waals surface area contributed by atoms with E-state index in [1.165, 1.54) is 11.8 Å². The molecular weight excluding hydrogens is 280 g/mol. The van der Waals surface area contributed by atoms with E-state index in [-0.39, 0.29) is 5.75 Å². The molecule has 3 aromatic rings. The highest BCUT2D eigenvalue weighted by Gasteiger charge is 2.10. The molecule has 0 heterocycles. The van der Waals surface area contributed by atoms with Gasteiger partial charge in [0.25, 0.3) is 0 Å². The summed E-state index contributed by atoms with van der Waals surface area (Å²) in [4.78, 5) is 1.85. The van der Waals surface area contributed by atoms with Gasteiger partial charge in [0, 0.05) is 4.90 Å². The smallest absolute Gasteiger partial charge is 0.130 e. The van der Waals surface area contributed by atoms with Crippen molar-refractivity contribution in [3.05, 3.63) is 59.7 Å². The van der Waals surface area contributed by atoms with Crippen LogP contribution in [0.2, 0.25) is 0 Å². The van der Waals surface area contributed by atoms with Crippen LogP contribution in [0.1, 0.15) is 11.1 Å². The van der Waals surface area contributed by atoms with Gasteiger partial charge in [-0.2, -0.15) is 0 Å². The van der Waals surface area contributed by atoms with Crippen molar-refractivity contribution >= 4 is 22.5 Å². The molecule has 3 rings (SSSR count). The number of fused-ring (bicyclic) bond motifs is 1. The third kappa shape index (κ3) is 2.57. The van der Waals surface area contributed by atoms with Crippen molar-refractivity contribution < 1.29 is 10.2 Å². The first kappa shape index (κ1) is 13.8. The summed E-state index contributed by atoms with van der Waals surface area (Å²) < 4.78 is 0. The maximum absolute atomic E-state index is 10.2. The van der Waals surface area contributed by atoms with Crippen LogP contribution < -0.4 is 0 Å². The lowest BCUT2D eigenvalue weighted by Gasteiger charge is -2.11. The summed E-state index contributed by atoms with van der Waals surface area (Å²) >= 11 is 1.52. The van der Waals surface area contributed by atoms with E-state index in [0.717, 1.165) is 31.7 Å². The lowest BCUT2D eigenvalue weighted by atomic mass is 10.1. The number of phenolic OH excluding ortho intramolecular Hbond substituents is 2. The van der Waals surface area contributed by atoms with Crippen molar-refractivity contribution in [3.8, 4) is 11.5 Å². The molecule has 2 nitrogen and oxygen atoms in total. The number of aryl methyl sites for hydroxylation is 2. The second kappa shape index (κ2) is 5.34. The molecule has 0 radical (unpaired) electrons. The third-order valence-corrected chi connectivity index (χ3v) is 4.65. The fourth-order valence-corrected chi connectivity index (χ4v) is 3.61. The number of hydrogen-bond acceptors (Lipinski definition) is 3. The Morgan fingerprint density at radius 1 is 0.857 bits per heavy atom. The fraction of sp³-hybridized carbons (Fsp3) is 0.111. The summed E-state index contributed by atoms with van der Waals surface area (Å²) in [6.45, 7) is 3.77. The predicted octanol–water partition coefficient (Wildman–Crippen LogP) is 5.02. The Labute approximate surface area is 128 Å². The molecule has 0 bridgehead atoms. The maximum atomic E-state index is 10.2. The normalized spacial score (nSPS) is 11.0. The van der Waals surface area contributed by atoms with Crippen molar-refractivity contribution in [3.63, 3.8) is 0 Å². The van der Waals surface area contributed by atoms with E-state index in [2.05, 4.69) is 0 Å². The van der Waals surface area contributed by atoms with Crippen molar-refractivity contribution in [2.45, 2.75) is 23.6 Å². The van der Waals surface area contributed by atoms with Crippen LogP contribution in [-0.4, -0.2) is 10.2 Å². The summed E-state index contributed by atoms with van der Waals surface area (Å²) in [5, 5.41) is 22.2. The topological polar surface area (TPSA) is 40.5 Å². The minimum atomic E-state index is 0.280. The van der Waals surface area contributed by atoms with Crippen LogP contribution in [0.5, 0.6) is 11.5 Å². The average molecular weight is 296 g/mol. The lowest BCUT2D eigenvalue weighted by Crippen LogP contribution is -1.84. The molecule has 0 saturated carbocycles. The molecule has 3 aromatic carbocycles. The molecular formula is C18H16O2S. The Balaban J connectivity index is 2.12. The predicted molar refractivity (Wildman–Crippen MR) is 87.3 cm³/mol.